The molecule has 0 aliphatic rings. The van der Waals surface area contributed by atoms with Crippen molar-refractivity contribution in [3.8, 4) is 0 Å². The summed E-state index contributed by atoms with van der Waals surface area (Å²) >= 11 is 0. The van der Waals surface area contributed by atoms with Crippen molar-refractivity contribution in [3.05, 3.63) is 24.4 Å². The molecule has 0 fully saturated rings. The predicted molar refractivity (Wildman–Crippen MR) is 44.0 cm³/mol. The number of aromatic nitrogens is 1. The first-order chi connectivity index (χ1) is 5.79. The molecule has 0 radical (unpaired) electrons. The summed E-state index contributed by atoms with van der Waals surface area (Å²) in [6.07, 6.45) is 2.34. The maximum atomic E-state index is 9.98. The number of nitrogens with zero attached hydrogens (tertiary/aromatic N) is 2. The summed E-state index contributed by atoms with van der Waals surface area (Å²) in [7, 11) is 0. The number of aliphatic carboxylic acids is 1. The molecule has 2 N–H and O–H groups in total. The molecule has 5 nitrogen and oxygen atoms in total. The molecular formula is C7H7N3O2. The van der Waals surface area contributed by atoms with Gasteiger partial charge in [0, 0.05) is 6.20 Å². The lowest BCUT2D eigenvalue weighted by Gasteiger charge is -1.94. The summed E-state index contributed by atoms with van der Waals surface area (Å²) in [5.41, 5.74) is 2.45. The first-order valence-electron chi connectivity index (χ1n) is 3.22. The zero-order chi connectivity index (χ0) is 8.81. The van der Waals surface area contributed by atoms with Gasteiger partial charge in [-0.05, 0) is 12.1 Å². The zero-order valence-corrected chi connectivity index (χ0v) is 6.14. The smallest absolute Gasteiger partial charge is 0.348 e. The molecule has 0 unspecified atom stereocenters. The van der Waals surface area contributed by atoms with Gasteiger partial charge >= 0.3 is 5.97 Å². The van der Waals surface area contributed by atoms with Crippen LogP contribution in [0.5, 0.6) is 0 Å². The molecule has 0 saturated heterocycles. The first-order valence-corrected chi connectivity index (χ1v) is 3.22. The van der Waals surface area contributed by atoms with Crippen LogP contribution in [0.4, 0.5) is 5.82 Å². The lowest BCUT2D eigenvalue weighted by Crippen LogP contribution is -1.99. The van der Waals surface area contributed by atoms with Crippen molar-refractivity contribution in [3.63, 3.8) is 0 Å². The second kappa shape index (κ2) is 4.07. The van der Waals surface area contributed by atoms with Gasteiger partial charge in [0.05, 0.1) is 0 Å². The van der Waals surface area contributed by atoms with Crippen molar-refractivity contribution in [1.82, 2.24) is 4.98 Å². The Labute approximate surface area is 68.8 Å². The molecule has 12 heavy (non-hydrogen) atoms. The average molecular weight is 165 g/mol. The summed E-state index contributed by atoms with van der Waals surface area (Å²) in [4.78, 5) is 13.8. The Bertz CT molecular complexity index is 284. The van der Waals surface area contributed by atoms with E-state index in [4.69, 9.17) is 5.11 Å². The Kier molecular flexibility index (Phi) is 2.78. The van der Waals surface area contributed by atoms with E-state index in [9.17, 15) is 4.79 Å². The van der Waals surface area contributed by atoms with Crippen LogP contribution in [0.3, 0.4) is 0 Å². The van der Waals surface area contributed by atoms with Gasteiger partial charge in [-0.15, -0.1) is 0 Å². The van der Waals surface area contributed by atoms with E-state index in [2.05, 4.69) is 15.5 Å². The third kappa shape index (κ3) is 2.78. The van der Waals surface area contributed by atoms with E-state index in [-0.39, 0.29) is 0 Å². The molecular weight excluding hydrogens is 158 g/mol. The second-order valence-corrected chi connectivity index (χ2v) is 1.92. The molecule has 0 spiro atoms. The summed E-state index contributed by atoms with van der Waals surface area (Å²) in [5, 5.41) is 11.6. The van der Waals surface area contributed by atoms with Gasteiger partial charge in [0.25, 0.3) is 0 Å². The molecule has 0 saturated carbocycles. The van der Waals surface area contributed by atoms with Crippen LogP contribution in [0.15, 0.2) is 29.5 Å². The summed E-state index contributed by atoms with van der Waals surface area (Å²) in [5.74, 6) is -0.589. The number of anilines is 1. The number of carboxylic acid groups (broad SMARTS) is 1. The van der Waals surface area contributed by atoms with Crippen molar-refractivity contribution >= 4 is 18.0 Å². The maximum absolute atomic E-state index is 9.98. The standard InChI is InChI=1S/C7H7N3O2/c11-7(12)5-9-10-6-3-1-2-4-8-6/h1-5H,(H,8,10)(H,11,12)/b9-5-. The summed E-state index contributed by atoms with van der Waals surface area (Å²) in [6.45, 7) is 0. The quantitative estimate of drug-likeness (QED) is 0.507. The largest absolute Gasteiger partial charge is 0.477 e. The van der Waals surface area contributed by atoms with Crippen LogP contribution in [0.25, 0.3) is 0 Å². The highest BCUT2D eigenvalue weighted by atomic mass is 16.4. The topological polar surface area (TPSA) is 74.6 Å². The number of hydrogen-bond acceptors (Lipinski definition) is 4. The summed E-state index contributed by atoms with van der Waals surface area (Å²) < 4.78 is 0. The molecule has 0 amide bonds. The Morgan fingerprint density at radius 3 is 3.08 bits per heavy atom. The van der Waals surface area contributed by atoms with Gasteiger partial charge in [-0.3, -0.25) is 5.43 Å². The van der Waals surface area contributed by atoms with Crippen LogP contribution < -0.4 is 5.43 Å². The molecule has 0 aliphatic heterocycles. The minimum absolute atomic E-state index is 0.509. The number of carbonyl (C=O) groups is 1. The van der Waals surface area contributed by atoms with E-state index in [0.717, 1.165) is 6.21 Å². The van der Waals surface area contributed by atoms with Gasteiger partial charge in [0.15, 0.2) is 0 Å². The number of hydrogen-bond donors (Lipinski definition) is 2. The number of hydrazone groups is 1. The van der Waals surface area contributed by atoms with Gasteiger partial charge in [-0.1, -0.05) is 6.07 Å². The summed E-state index contributed by atoms with van der Waals surface area (Å²) in [6, 6.07) is 5.21. The lowest BCUT2D eigenvalue weighted by molar-refractivity contribution is -0.128. The Morgan fingerprint density at radius 1 is 1.67 bits per heavy atom. The highest BCUT2D eigenvalue weighted by molar-refractivity contribution is 6.22. The molecule has 0 atom stereocenters. The molecule has 1 rings (SSSR count). The third-order valence-corrected chi connectivity index (χ3v) is 1.02. The molecule has 62 valence electrons. The fourth-order valence-corrected chi connectivity index (χ4v) is 0.583. The molecule has 0 aromatic carbocycles. The van der Waals surface area contributed by atoms with E-state index in [1.54, 1.807) is 24.4 Å². The van der Waals surface area contributed by atoms with Crippen molar-refractivity contribution in [2.75, 3.05) is 5.43 Å². The van der Waals surface area contributed by atoms with E-state index < -0.39 is 5.97 Å². The van der Waals surface area contributed by atoms with Gasteiger partial charge in [0.2, 0.25) is 0 Å². The van der Waals surface area contributed by atoms with E-state index in [1.807, 2.05) is 0 Å². The number of carboxylic acids is 1. The highest BCUT2D eigenvalue weighted by Gasteiger charge is 1.88. The number of rotatable bonds is 3. The van der Waals surface area contributed by atoms with E-state index in [0.29, 0.717) is 5.82 Å². The van der Waals surface area contributed by atoms with Crippen LogP contribution >= 0.6 is 0 Å². The van der Waals surface area contributed by atoms with Crippen molar-refractivity contribution in [2.45, 2.75) is 0 Å². The van der Waals surface area contributed by atoms with Crippen LogP contribution in [0.2, 0.25) is 0 Å². The number of pyridine rings is 1. The van der Waals surface area contributed by atoms with E-state index >= 15 is 0 Å². The monoisotopic (exact) mass is 165 g/mol. The fourth-order valence-electron chi connectivity index (χ4n) is 0.583. The predicted octanol–water partition coefficient (Wildman–Crippen LogP) is 0.564. The lowest BCUT2D eigenvalue weighted by atomic mass is 10.5. The normalized spacial score (nSPS) is 10.0. The van der Waals surface area contributed by atoms with Gasteiger partial charge in [-0.25, -0.2) is 9.78 Å². The van der Waals surface area contributed by atoms with Crippen molar-refractivity contribution in [2.24, 2.45) is 5.10 Å². The molecule has 1 heterocycles. The Balaban J connectivity index is 2.49. The van der Waals surface area contributed by atoms with Gasteiger partial charge in [-0.2, -0.15) is 5.10 Å². The molecule has 0 bridgehead atoms. The highest BCUT2D eigenvalue weighted by Crippen LogP contribution is 1.97. The third-order valence-electron chi connectivity index (χ3n) is 1.02. The zero-order valence-electron chi connectivity index (χ0n) is 6.14. The van der Waals surface area contributed by atoms with Crippen LogP contribution in [-0.4, -0.2) is 22.3 Å². The molecule has 5 heteroatoms. The fraction of sp³-hybridized carbons (Fsp3) is 0. The first kappa shape index (κ1) is 8.19. The Hall–Kier alpha value is -1.91. The Morgan fingerprint density at radius 2 is 2.50 bits per heavy atom. The van der Waals surface area contributed by atoms with E-state index in [1.165, 1.54) is 0 Å². The minimum atomic E-state index is -1.10. The maximum Gasteiger partial charge on any atom is 0.348 e. The molecule has 0 aliphatic carbocycles. The number of nitrogens with one attached hydrogen (secondary N) is 1. The van der Waals surface area contributed by atoms with Gasteiger partial charge < -0.3 is 5.11 Å². The average Bonchev–Trinajstić information content (AvgIpc) is 2.05. The minimum Gasteiger partial charge on any atom is -0.477 e. The SMILES string of the molecule is O=C(O)/C=N\Nc1ccccn1. The van der Waals surface area contributed by atoms with Crippen molar-refractivity contribution < 1.29 is 9.90 Å². The van der Waals surface area contributed by atoms with Crippen molar-refractivity contribution in [1.29, 1.82) is 0 Å². The second-order valence-electron chi connectivity index (χ2n) is 1.92. The van der Waals surface area contributed by atoms with Crippen LogP contribution in [0.1, 0.15) is 0 Å². The molecule has 1 aromatic rings. The van der Waals surface area contributed by atoms with Crippen LogP contribution in [0, 0.1) is 0 Å². The van der Waals surface area contributed by atoms with Crippen LogP contribution in [-0.2, 0) is 4.79 Å². The molecule has 1 aromatic heterocycles. The van der Waals surface area contributed by atoms with Gasteiger partial charge in [0.1, 0.15) is 12.0 Å².